The molecule has 0 fully saturated rings. The van der Waals surface area contributed by atoms with Crippen LogP contribution in [-0.4, -0.2) is 49.3 Å². The van der Waals surface area contributed by atoms with Crippen LogP contribution in [0.2, 0.25) is 0 Å². The molecule has 0 aliphatic heterocycles. The molecule has 0 aliphatic rings. The zero-order valence-corrected chi connectivity index (χ0v) is 15.0. The van der Waals surface area contributed by atoms with E-state index in [4.69, 9.17) is 0 Å². The summed E-state index contributed by atoms with van der Waals surface area (Å²) in [5.41, 5.74) is 1.87. The number of benzene rings is 1. The SMILES string of the molecule is Cc1ccccc1C(O)CNC(=O)NC(CC(C)C)CN(C)C. The van der Waals surface area contributed by atoms with Crippen LogP contribution in [0.25, 0.3) is 0 Å². The number of hydrogen-bond acceptors (Lipinski definition) is 3. The highest BCUT2D eigenvalue weighted by Crippen LogP contribution is 2.16. The van der Waals surface area contributed by atoms with Crippen molar-refractivity contribution in [1.29, 1.82) is 0 Å². The normalized spacial score (nSPS) is 13.9. The summed E-state index contributed by atoms with van der Waals surface area (Å²) in [5, 5.41) is 16.0. The Balaban J connectivity index is 2.49. The quantitative estimate of drug-likeness (QED) is 0.688. The molecule has 5 heteroatoms. The first-order valence-corrected chi connectivity index (χ1v) is 8.22. The number of aliphatic hydroxyl groups is 1. The maximum Gasteiger partial charge on any atom is 0.315 e. The number of rotatable bonds is 8. The van der Waals surface area contributed by atoms with E-state index in [2.05, 4.69) is 29.4 Å². The van der Waals surface area contributed by atoms with E-state index in [1.54, 1.807) is 0 Å². The highest BCUT2D eigenvalue weighted by Gasteiger charge is 2.16. The van der Waals surface area contributed by atoms with Crippen LogP contribution in [0.3, 0.4) is 0 Å². The van der Waals surface area contributed by atoms with Crippen molar-refractivity contribution in [3.05, 3.63) is 35.4 Å². The largest absolute Gasteiger partial charge is 0.387 e. The number of carbonyl (C=O) groups excluding carboxylic acids is 1. The smallest absolute Gasteiger partial charge is 0.315 e. The monoisotopic (exact) mass is 321 g/mol. The van der Waals surface area contributed by atoms with E-state index in [-0.39, 0.29) is 18.6 Å². The zero-order valence-electron chi connectivity index (χ0n) is 15.0. The first-order chi connectivity index (χ1) is 10.8. The first kappa shape index (κ1) is 19.5. The van der Waals surface area contributed by atoms with Crippen molar-refractivity contribution in [2.75, 3.05) is 27.2 Å². The minimum atomic E-state index is -0.695. The summed E-state index contributed by atoms with van der Waals surface area (Å²) in [6.45, 7) is 7.24. The molecule has 0 spiro atoms. The lowest BCUT2D eigenvalue weighted by Gasteiger charge is -2.24. The van der Waals surface area contributed by atoms with Gasteiger partial charge in [-0.05, 0) is 44.5 Å². The number of nitrogens with one attached hydrogen (secondary N) is 2. The third-order valence-electron chi connectivity index (χ3n) is 3.68. The van der Waals surface area contributed by atoms with Crippen LogP contribution in [0, 0.1) is 12.8 Å². The summed E-state index contributed by atoms with van der Waals surface area (Å²) in [6, 6.07) is 7.53. The average molecular weight is 321 g/mol. The first-order valence-electron chi connectivity index (χ1n) is 8.22. The summed E-state index contributed by atoms with van der Waals surface area (Å²) < 4.78 is 0. The lowest BCUT2D eigenvalue weighted by Crippen LogP contribution is -2.47. The molecule has 2 unspecified atom stereocenters. The van der Waals surface area contributed by atoms with E-state index in [1.807, 2.05) is 45.3 Å². The minimum absolute atomic E-state index is 0.0978. The van der Waals surface area contributed by atoms with E-state index in [1.165, 1.54) is 0 Å². The van der Waals surface area contributed by atoms with Gasteiger partial charge in [0, 0.05) is 19.1 Å². The Kier molecular flexibility index (Phi) is 8.06. The van der Waals surface area contributed by atoms with Crippen LogP contribution in [0.5, 0.6) is 0 Å². The molecular formula is C18H31N3O2. The number of carbonyl (C=O) groups is 1. The van der Waals surface area contributed by atoms with E-state index in [9.17, 15) is 9.90 Å². The van der Waals surface area contributed by atoms with Gasteiger partial charge in [0.25, 0.3) is 0 Å². The van der Waals surface area contributed by atoms with Gasteiger partial charge >= 0.3 is 6.03 Å². The number of hydrogen-bond donors (Lipinski definition) is 3. The molecule has 23 heavy (non-hydrogen) atoms. The molecule has 1 rings (SSSR count). The molecule has 5 nitrogen and oxygen atoms in total. The van der Waals surface area contributed by atoms with Gasteiger partial charge in [0.15, 0.2) is 0 Å². The van der Waals surface area contributed by atoms with Crippen LogP contribution >= 0.6 is 0 Å². The summed E-state index contributed by atoms with van der Waals surface area (Å²) in [6.07, 6.45) is 0.228. The predicted molar refractivity (Wildman–Crippen MR) is 94.5 cm³/mol. The van der Waals surface area contributed by atoms with Crippen LogP contribution in [0.1, 0.15) is 37.5 Å². The fraction of sp³-hybridized carbons (Fsp3) is 0.611. The molecule has 0 aromatic heterocycles. The number of urea groups is 1. The Bertz CT molecular complexity index is 479. The highest BCUT2D eigenvalue weighted by atomic mass is 16.3. The number of nitrogens with zero attached hydrogens (tertiary/aromatic N) is 1. The number of amides is 2. The van der Waals surface area contributed by atoms with Gasteiger partial charge in [-0.1, -0.05) is 38.1 Å². The summed E-state index contributed by atoms with van der Waals surface area (Å²) in [7, 11) is 3.99. The van der Waals surface area contributed by atoms with Crippen LogP contribution in [-0.2, 0) is 0 Å². The Morgan fingerprint density at radius 2 is 1.91 bits per heavy atom. The molecular weight excluding hydrogens is 290 g/mol. The fourth-order valence-electron chi connectivity index (χ4n) is 2.69. The van der Waals surface area contributed by atoms with Gasteiger partial charge in [-0.3, -0.25) is 0 Å². The van der Waals surface area contributed by atoms with E-state index in [0.29, 0.717) is 5.92 Å². The topological polar surface area (TPSA) is 64.6 Å². The fourth-order valence-corrected chi connectivity index (χ4v) is 2.69. The lowest BCUT2D eigenvalue weighted by atomic mass is 10.0. The Morgan fingerprint density at radius 3 is 2.48 bits per heavy atom. The Hall–Kier alpha value is -1.59. The van der Waals surface area contributed by atoms with Crippen molar-refractivity contribution in [2.24, 2.45) is 5.92 Å². The molecule has 0 saturated heterocycles. The van der Waals surface area contributed by atoms with Crippen LogP contribution in [0.4, 0.5) is 4.79 Å². The summed E-state index contributed by atoms with van der Waals surface area (Å²) >= 11 is 0. The molecule has 0 radical (unpaired) electrons. The van der Waals surface area contributed by atoms with Crippen molar-refractivity contribution in [3.8, 4) is 0 Å². The summed E-state index contributed by atoms with van der Waals surface area (Å²) in [4.78, 5) is 14.2. The molecule has 2 amide bonds. The van der Waals surface area contributed by atoms with Gasteiger partial charge in [0.2, 0.25) is 0 Å². The van der Waals surface area contributed by atoms with E-state index >= 15 is 0 Å². The third-order valence-corrected chi connectivity index (χ3v) is 3.68. The second kappa shape index (κ2) is 9.53. The second-order valence-corrected chi connectivity index (χ2v) is 6.82. The number of likely N-dealkylation sites (N-methyl/N-ethyl adjacent to an activating group) is 1. The van der Waals surface area contributed by atoms with Crippen molar-refractivity contribution < 1.29 is 9.90 Å². The predicted octanol–water partition coefficient (Wildman–Crippen LogP) is 2.30. The molecule has 0 heterocycles. The van der Waals surface area contributed by atoms with Gasteiger partial charge in [0.1, 0.15) is 0 Å². The lowest BCUT2D eigenvalue weighted by molar-refractivity contribution is 0.171. The van der Waals surface area contributed by atoms with Crippen molar-refractivity contribution in [2.45, 2.75) is 39.3 Å². The van der Waals surface area contributed by atoms with Gasteiger partial charge < -0.3 is 20.6 Å². The number of aliphatic hydroxyl groups excluding tert-OH is 1. The summed E-state index contributed by atoms with van der Waals surface area (Å²) in [5.74, 6) is 0.512. The molecule has 1 aromatic rings. The van der Waals surface area contributed by atoms with Gasteiger partial charge in [0.05, 0.1) is 6.10 Å². The molecule has 2 atom stereocenters. The van der Waals surface area contributed by atoms with Gasteiger partial charge in [-0.2, -0.15) is 0 Å². The van der Waals surface area contributed by atoms with Crippen molar-refractivity contribution >= 4 is 6.03 Å². The van der Waals surface area contributed by atoms with Crippen molar-refractivity contribution in [1.82, 2.24) is 15.5 Å². The zero-order chi connectivity index (χ0) is 17.4. The Labute approximate surface area is 140 Å². The molecule has 130 valence electrons. The molecule has 1 aromatic carbocycles. The standard InChI is InChI=1S/C18H31N3O2/c1-13(2)10-15(12-21(4)5)20-18(23)19-11-17(22)16-9-7-6-8-14(16)3/h6-9,13,15,17,22H,10-12H2,1-5H3,(H2,19,20,23). The minimum Gasteiger partial charge on any atom is -0.387 e. The van der Waals surface area contributed by atoms with Gasteiger partial charge in [-0.15, -0.1) is 0 Å². The van der Waals surface area contributed by atoms with Crippen LogP contribution in [0.15, 0.2) is 24.3 Å². The van der Waals surface area contributed by atoms with Crippen molar-refractivity contribution in [3.63, 3.8) is 0 Å². The third kappa shape index (κ3) is 7.48. The Morgan fingerprint density at radius 1 is 1.26 bits per heavy atom. The maximum absolute atomic E-state index is 12.1. The molecule has 0 bridgehead atoms. The highest BCUT2D eigenvalue weighted by molar-refractivity contribution is 5.74. The number of aryl methyl sites for hydroxylation is 1. The average Bonchev–Trinajstić information content (AvgIpc) is 2.43. The van der Waals surface area contributed by atoms with Gasteiger partial charge in [-0.25, -0.2) is 4.79 Å². The van der Waals surface area contributed by atoms with E-state index < -0.39 is 6.10 Å². The second-order valence-electron chi connectivity index (χ2n) is 6.82. The maximum atomic E-state index is 12.1. The van der Waals surface area contributed by atoms with Crippen LogP contribution < -0.4 is 10.6 Å². The molecule has 0 aliphatic carbocycles. The molecule has 3 N–H and O–H groups in total. The molecule has 0 saturated carbocycles. The van der Waals surface area contributed by atoms with E-state index in [0.717, 1.165) is 24.1 Å².